The van der Waals surface area contributed by atoms with Gasteiger partial charge in [0.2, 0.25) is 5.91 Å². The number of benzene rings is 1. The molecule has 22 heavy (non-hydrogen) atoms. The third-order valence-electron chi connectivity index (χ3n) is 4.09. The van der Waals surface area contributed by atoms with Crippen molar-refractivity contribution in [2.24, 2.45) is 11.8 Å². The fourth-order valence-corrected chi connectivity index (χ4v) is 2.76. The van der Waals surface area contributed by atoms with Gasteiger partial charge in [0.1, 0.15) is 5.75 Å². The van der Waals surface area contributed by atoms with E-state index in [9.17, 15) is 4.79 Å². The first-order valence-corrected chi connectivity index (χ1v) is 7.82. The Hall–Kier alpha value is -1.26. The predicted molar refractivity (Wildman–Crippen MR) is 91.6 cm³/mol. The van der Waals surface area contributed by atoms with Gasteiger partial charge in [0, 0.05) is 25.6 Å². The quantitative estimate of drug-likeness (QED) is 0.873. The van der Waals surface area contributed by atoms with Crippen LogP contribution in [-0.4, -0.2) is 44.1 Å². The highest BCUT2D eigenvalue weighted by Crippen LogP contribution is 2.20. The molecule has 1 amide bonds. The van der Waals surface area contributed by atoms with Crippen LogP contribution in [0.25, 0.3) is 0 Å². The average Bonchev–Trinajstić information content (AvgIpc) is 2.54. The highest BCUT2D eigenvalue weighted by molar-refractivity contribution is 5.85. The molecule has 1 saturated heterocycles. The molecule has 0 aromatic heterocycles. The molecular formula is C17H27ClN2O2. The SMILES string of the molecule is CNCC(C)C(=O)N1CCC(COc2ccccc2)CC1.Cl. The molecule has 124 valence electrons. The van der Waals surface area contributed by atoms with Gasteiger partial charge in [-0.2, -0.15) is 0 Å². The Morgan fingerprint density at radius 2 is 1.95 bits per heavy atom. The third-order valence-corrected chi connectivity index (χ3v) is 4.09. The smallest absolute Gasteiger partial charge is 0.226 e. The second-order valence-corrected chi connectivity index (χ2v) is 5.85. The molecule has 1 unspecified atom stereocenters. The third kappa shape index (κ3) is 5.50. The summed E-state index contributed by atoms with van der Waals surface area (Å²) in [5.74, 6) is 1.81. The Morgan fingerprint density at radius 3 is 2.55 bits per heavy atom. The van der Waals surface area contributed by atoms with E-state index < -0.39 is 0 Å². The number of nitrogens with one attached hydrogen (secondary N) is 1. The summed E-state index contributed by atoms with van der Waals surface area (Å²) in [6.07, 6.45) is 2.07. The van der Waals surface area contributed by atoms with Crippen LogP contribution in [0.1, 0.15) is 19.8 Å². The fraction of sp³-hybridized carbons (Fsp3) is 0.588. The summed E-state index contributed by atoms with van der Waals surface area (Å²) in [7, 11) is 1.89. The summed E-state index contributed by atoms with van der Waals surface area (Å²) < 4.78 is 5.81. The van der Waals surface area contributed by atoms with E-state index in [0.717, 1.165) is 44.8 Å². The van der Waals surface area contributed by atoms with E-state index in [-0.39, 0.29) is 24.2 Å². The summed E-state index contributed by atoms with van der Waals surface area (Å²) in [6.45, 7) is 5.20. The number of hydrogen-bond acceptors (Lipinski definition) is 3. The first-order valence-electron chi connectivity index (χ1n) is 7.82. The number of para-hydroxylation sites is 1. The Morgan fingerprint density at radius 1 is 1.32 bits per heavy atom. The Kier molecular flexibility index (Phi) is 8.28. The summed E-state index contributed by atoms with van der Waals surface area (Å²) in [5, 5.41) is 3.07. The van der Waals surface area contributed by atoms with Crippen LogP contribution >= 0.6 is 12.4 Å². The van der Waals surface area contributed by atoms with Gasteiger partial charge in [0.25, 0.3) is 0 Å². The number of piperidine rings is 1. The van der Waals surface area contributed by atoms with Crippen molar-refractivity contribution in [1.29, 1.82) is 0 Å². The Labute approximate surface area is 139 Å². The monoisotopic (exact) mass is 326 g/mol. The van der Waals surface area contributed by atoms with E-state index in [1.54, 1.807) is 0 Å². The van der Waals surface area contributed by atoms with Crippen molar-refractivity contribution in [3.8, 4) is 5.75 Å². The van der Waals surface area contributed by atoms with Gasteiger partial charge in [-0.05, 0) is 37.9 Å². The van der Waals surface area contributed by atoms with Crippen LogP contribution in [0.4, 0.5) is 0 Å². The van der Waals surface area contributed by atoms with Crippen molar-refractivity contribution in [1.82, 2.24) is 10.2 Å². The lowest BCUT2D eigenvalue weighted by atomic mass is 9.96. The standard InChI is InChI=1S/C17H26N2O2.ClH/c1-14(12-18-2)17(20)19-10-8-15(9-11-19)13-21-16-6-4-3-5-7-16;/h3-7,14-15,18H,8-13H2,1-2H3;1H. The fourth-order valence-electron chi connectivity index (χ4n) is 2.76. The number of rotatable bonds is 6. The highest BCUT2D eigenvalue weighted by atomic mass is 35.5. The molecule has 4 nitrogen and oxygen atoms in total. The minimum absolute atomic E-state index is 0. The molecule has 1 N–H and O–H groups in total. The zero-order chi connectivity index (χ0) is 15.1. The predicted octanol–water partition coefficient (Wildman–Crippen LogP) is 2.58. The molecule has 0 saturated carbocycles. The second-order valence-electron chi connectivity index (χ2n) is 5.85. The van der Waals surface area contributed by atoms with Crippen LogP contribution < -0.4 is 10.1 Å². The van der Waals surface area contributed by atoms with Crippen molar-refractivity contribution < 1.29 is 9.53 Å². The number of likely N-dealkylation sites (tertiary alicyclic amines) is 1. The number of halogens is 1. The zero-order valence-corrected chi connectivity index (χ0v) is 14.3. The highest BCUT2D eigenvalue weighted by Gasteiger charge is 2.25. The van der Waals surface area contributed by atoms with E-state index in [0.29, 0.717) is 5.92 Å². The normalized spacial score (nSPS) is 16.7. The topological polar surface area (TPSA) is 41.6 Å². The number of nitrogens with zero attached hydrogens (tertiary/aromatic N) is 1. The van der Waals surface area contributed by atoms with Gasteiger partial charge in [0.15, 0.2) is 0 Å². The lowest BCUT2D eigenvalue weighted by Crippen LogP contribution is -2.43. The molecule has 0 spiro atoms. The lowest BCUT2D eigenvalue weighted by molar-refractivity contribution is -0.136. The van der Waals surface area contributed by atoms with Gasteiger partial charge in [-0.3, -0.25) is 4.79 Å². The van der Waals surface area contributed by atoms with Gasteiger partial charge in [-0.25, -0.2) is 0 Å². The van der Waals surface area contributed by atoms with E-state index in [1.165, 1.54) is 0 Å². The first kappa shape index (κ1) is 18.8. The minimum atomic E-state index is 0. The molecule has 1 aliphatic heterocycles. The van der Waals surface area contributed by atoms with Crippen molar-refractivity contribution in [2.75, 3.05) is 33.3 Å². The summed E-state index contributed by atoms with van der Waals surface area (Å²) in [5.41, 5.74) is 0. The average molecular weight is 327 g/mol. The molecule has 1 aliphatic rings. The largest absolute Gasteiger partial charge is 0.493 e. The molecule has 1 fully saturated rings. The number of ether oxygens (including phenoxy) is 1. The van der Waals surface area contributed by atoms with Crippen LogP contribution in [0.3, 0.4) is 0 Å². The zero-order valence-electron chi connectivity index (χ0n) is 13.5. The second kappa shape index (κ2) is 9.70. The summed E-state index contributed by atoms with van der Waals surface area (Å²) in [6, 6.07) is 9.93. The van der Waals surface area contributed by atoms with E-state index in [1.807, 2.05) is 49.2 Å². The molecule has 0 aliphatic carbocycles. The Balaban J connectivity index is 0.00000242. The molecular weight excluding hydrogens is 300 g/mol. The van der Waals surface area contributed by atoms with Crippen LogP contribution in [-0.2, 0) is 4.79 Å². The minimum Gasteiger partial charge on any atom is -0.493 e. The Bertz CT molecular complexity index is 434. The van der Waals surface area contributed by atoms with Gasteiger partial charge in [0.05, 0.1) is 6.61 Å². The summed E-state index contributed by atoms with van der Waals surface area (Å²) >= 11 is 0. The van der Waals surface area contributed by atoms with E-state index >= 15 is 0 Å². The number of carbonyl (C=O) groups is 1. The maximum atomic E-state index is 12.2. The van der Waals surface area contributed by atoms with Crippen LogP contribution in [0.5, 0.6) is 5.75 Å². The van der Waals surface area contributed by atoms with E-state index in [2.05, 4.69) is 5.32 Å². The molecule has 2 rings (SSSR count). The van der Waals surface area contributed by atoms with Crippen LogP contribution in [0, 0.1) is 11.8 Å². The van der Waals surface area contributed by atoms with Crippen molar-refractivity contribution >= 4 is 18.3 Å². The molecule has 0 radical (unpaired) electrons. The maximum absolute atomic E-state index is 12.2. The van der Waals surface area contributed by atoms with Crippen LogP contribution in [0.2, 0.25) is 0 Å². The van der Waals surface area contributed by atoms with Crippen LogP contribution in [0.15, 0.2) is 30.3 Å². The van der Waals surface area contributed by atoms with Gasteiger partial charge in [-0.15, -0.1) is 12.4 Å². The van der Waals surface area contributed by atoms with Crippen molar-refractivity contribution in [3.63, 3.8) is 0 Å². The summed E-state index contributed by atoms with van der Waals surface area (Å²) in [4.78, 5) is 14.2. The van der Waals surface area contributed by atoms with E-state index in [4.69, 9.17) is 4.74 Å². The van der Waals surface area contributed by atoms with Crippen molar-refractivity contribution in [2.45, 2.75) is 19.8 Å². The number of amides is 1. The van der Waals surface area contributed by atoms with Gasteiger partial charge in [-0.1, -0.05) is 25.1 Å². The number of carbonyl (C=O) groups excluding carboxylic acids is 1. The van der Waals surface area contributed by atoms with Crippen molar-refractivity contribution in [3.05, 3.63) is 30.3 Å². The van der Waals surface area contributed by atoms with Gasteiger partial charge >= 0.3 is 0 Å². The molecule has 5 heteroatoms. The molecule has 1 heterocycles. The first-order chi connectivity index (χ1) is 10.2. The molecule has 1 atom stereocenters. The lowest BCUT2D eigenvalue weighted by Gasteiger charge is -2.33. The molecule has 1 aromatic carbocycles. The molecule has 0 bridgehead atoms. The van der Waals surface area contributed by atoms with Gasteiger partial charge < -0.3 is 15.0 Å². The number of hydrogen-bond donors (Lipinski definition) is 1. The maximum Gasteiger partial charge on any atom is 0.226 e. The molecule has 1 aromatic rings.